The number of pyridine rings is 1. The molecule has 0 aromatic carbocycles. The number of rotatable bonds is 2. The molecule has 3 heteroatoms. The van der Waals surface area contributed by atoms with Crippen molar-refractivity contribution in [2.24, 2.45) is 0 Å². The summed E-state index contributed by atoms with van der Waals surface area (Å²) < 4.78 is 1.68. The van der Waals surface area contributed by atoms with E-state index in [1.54, 1.807) is 16.8 Å². The number of halogens is 1. The van der Waals surface area contributed by atoms with E-state index in [0.29, 0.717) is 5.56 Å². The average Bonchev–Trinajstić information content (AvgIpc) is 2.04. The molecule has 0 bridgehead atoms. The molecule has 0 spiro atoms. The Hall–Kier alpha value is -0.760. The van der Waals surface area contributed by atoms with Crippen molar-refractivity contribution in [2.75, 3.05) is 0 Å². The predicted molar refractivity (Wildman–Crippen MR) is 50.6 cm³/mol. The van der Waals surface area contributed by atoms with Gasteiger partial charge in [-0.05, 0) is 19.9 Å². The summed E-state index contributed by atoms with van der Waals surface area (Å²) in [6.07, 6.45) is 1.78. The molecule has 0 atom stereocenters. The Morgan fingerprint density at radius 1 is 1.58 bits per heavy atom. The molecule has 1 aromatic rings. The Morgan fingerprint density at radius 2 is 2.25 bits per heavy atom. The quantitative estimate of drug-likeness (QED) is 0.648. The summed E-state index contributed by atoms with van der Waals surface area (Å²) in [4.78, 5) is 11.5. The monoisotopic (exact) mass is 185 g/mol. The molecule has 66 valence electrons. The standard InChI is InChI=1S/C9H12ClNO/c1-7(2)11-5-3-4-8(6-10)9(11)12/h3-5,7H,6H2,1-2H3. The Morgan fingerprint density at radius 3 is 2.75 bits per heavy atom. The van der Waals surface area contributed by atoms with Crippen LogP contribution in [0.5, 0.6) is 0 Å². The third-order valence-corrected chi connectivity index (χ3v) is 2.04. The predicted octanol–water partition coefficient (Wildman–Crippen LogP) is 2.17. The van der Waals surface area contributed by atoms with Crippen LogP contribution in [0.2, 0.25) is 0 Å². The van der Waals surface area contributed by atoms with Crippen molar-refractivity contribution in [3.63, 3.8) is 0 Å². The zero-order valence-electron chi connectivity index (χ0n) is 7.25. The summed E-state index contributed by atoms with van der Waals surface area (Å²) in [7, 11) is 0. The summed E-state index contributed by atoms with van der Waals surface area (Å²) in [6.45, 7) is 3.94. The van der Waals surface area contributed by atoms with Crippen LogP contribution in [0.25, 0.3) is 0 Å². The second-order valence-electron chi connectivity index (χ2n) is 2.97. The molecule has 0 radical (unpaired) electrons. The molecule has 12 heavy (non-hydrogen) atoms. The molecule has 0 N–H and O–H groups in total. The highest BCUT2D eigenvalue weighted by Gasteiger charge is 2.03. The normalized spacial score (nSPS) is 10.7. The molecule has 0 saturated heterocycles. The second-order valence-corrected chi connectivity index (χ2v) is 3.24. The summed E-state index contributed by atoms with van der Waals surface area (Å²) in [6, 6.07) is 3.80. The molecule has 0 aliphatic heterocycles. The SMILES string of the molecule is CC(C)n1cccc(CCl)c1=O. The van der Waals surface area contributed by atoms with Crippen LogP contribution in [0.15, 0.2) is 23.1 Å². The van der Waals surface area contributed by atoms with E-state index in [0.717, 1.165) is 0 Å². The third kappa shape index (κ3) is 1.69. The number of alkyl halides is 1. The summed E-state index contributed by atoms with van der Waals surface area (Å²) >= 11 is 5.60. The molecule has 0 aliphatic carbocycles. The third-order valence-electron chi connectivity index (χ3n) is 1.75. The van der Waals surface area contributed by atoms with Crippen LogP contribution in [0.3, 0.4) is 0 Å². The molecule has 1 aromatic heterocycles. The van der Waals surface area contributed by atoms with Gasteiger partial charge in [0.25, 0.3) is 5.56 Å². The number of aromatic nitrogens is 1. The van der Waals surface area contributed by atoms with E-state index in [-0.39, 0.29) is 17.5 Å². The van der Waals surface area contributed by atoms with Crippen LogP contribution in [-0.2, 0) is 5.88 Å². The molecule has 1 heterocycles. The number of hydrogen-bond acceptors (Lipinski definition) is 1. The van der Waals surface area contributed by atoms with Gasteiger partial charge in [-0.2, -0.15) is 0 Å². The zero-order chi connectivity index (χ0) is 9.14. The smallest absolute Gasteiger partial charge is 0.255 e. The average molecular weight is 186 g/mol. The van der Waals surface area contributed by atoms with E-state index in [4.69, 9.17) is 11.6 Å². The van der Waals surface area contributed by atoms with Crippen LogP contribution in [0.1, 0.15) is 25.5 Å². The highest BCUT2D eigenvalue weighted by molar-refractivity contribution is 6.17. The van der Waals surface area contributed by atoms with Crippen molar-refractivity contribution >= 4 is 11.6 Å². The maximum Gasteiger partial charge on any atom is 0.255 e. The van der Waals surface area contributed by atoms with Gasteiger partial charge in [-0.25, -0.2) is 0 Å². The fourth-order valence-electron chi connectivity index (χ4n) is 1.07. The lowest BCUT2D eigenvalue weighted by Gasteiger charge is -2.09. The minimum Gasteiger partial charge on any atom is -0.313 e. The summed E-state index contributed by atoms with van der Waals surface area (Å²) in [5.41, 5.74) is 0.676. The molecule has 0 unspecified atom stereocenters. The molecule has 1 rings (SSSR count). The van der Waals surface area contributed by atoms with Gasteiger partial charge in [0.1, 0.15) is 0 Å². The highest BCUT2D eigenvalue weighted by atomic mass is 35.5. The van der Waals surface area contributed by atoms with Gasteiger partial charge in [0.05, 0.1) is 5.88 Å². The minimum absolute atomic E-state index is 0.0162. The van der Waals surface area contributed by atoms with Gasteiger partial charge in [0.2, 0.25) is 0 Å². The van der Waals surface area contributed by atoms with Crippen molar-refractivity contribution in [1.82, 2.24) is 4.57 Å². The van der Waals surface area contributed by atoms with E-state index >= 15 is 0 Å². The molecule has 0 saturated carbocycles. The van der Waals surface area contributed by atoms with Crippen molar-refractivity contribution in [3.8, 4) is 0 Å². The Kier molecular flexibility index (Phi) is 2.93. The van der Waals surface area contributed by atoms with Crippen LogP contribution in [0.4, 0.5) is 0 Å². The lowest BCUT2D eigenvalue weighted by Crippen LogP contribution is -2.23. The molecule has 0 amide bonds. The van der Waals surface area contributed by atoms with Gasteiger partial charge in [0.15, 0.2) is 0 Å². The van der Waals surface area contributed by atoms with E-state index in [9.17, 15) is 4.79 Å². The van der Waals surface area contributed by atoms with Gasteiger partial charge >= 0.3 is 0 Å². The van der Waals surface area contributed by atoms with Gasteiger partial charge in [-0.1, -0.05) is 6.07 Å². The Balaban J connectivity index is 3.24. The van der Waals surface area contributed by atoms with Crippen LogP contribution in [-0.4, -0.2) is 4.57 Å². The van der Waals surface area contributed by atoms with Crippen molar-refractivity contribution < 1.29 is 0 Å². The number of hydrogen-bond donors (Lipinski definition) is 0. The largest absolute Gasteiger partial charge is 0.313 e. The van der Waals surface area contributed by atoms with Gasteiger partial charge in [-0.15, -0.1) is 11.6 Å². The lowest BCUT2D eigenvalue weighted by atomic mass is 10.3. The first-order chi connectivity index (χ1) is 5.66. The van der Waals surface area contributed by atoms with Gasteiger partial charge < -0.3 is 4.57 Å². The maximum absolute atomic E-state index is 11.5. The highest BCUT2D eigenvalue weighted by Crippen LogP contribution is 2.02. The van der Waals surface area contributed by atoms with Gasteiger partial charge in [-0.3, -0.25) is 4.79 Å². The molecule has 2 nitrogen and oxygen atoms in total. The zero-order valence-corrected chi connectivity index (χ0v) is 8.01. The van der Waals surface area contributed by atoms with Crippen molar-refractivity contribution in [1.29, 1.82) is 0 Å². The second kappa shape index (κ2) is 3.76. The van der Waals surface area contributed by atoms with Crippen LogP contribution in [0, 0.1) is 0 Å². The topological polar surface area (TPSA) is 22.0 Å². The van der Waals surface area contributed by atoms with Gasteiger partial charge in [0, 0.05) is 17.8 Å². The molecule has 0 fully saturated rings. The summed E-state index contributed by atoms with van der Waals surface area (Å²) in [5.74, 6) is 0.284. The van der Waals surface area contributed by atoms with E-state index < -0.39 is 0 Å². The van der Waals surface area contributed by atoms with E-state index in [1.165, 1.54) is 0 Å². The van der Waals surface area contributed by atoms with Crippen LogP contribution < -0.4 is 5.56 Å². The first-order valence-electron chi connectivity index (χ1n) is 3.92. The van der Waals surface area contributed by atoms with Crippen LogP contribution >= 0.6 is 11.6 Å². The molecule has 0 aliphatic rings. The summed E-state index contributed by atoms with van der Waals surface area (Å²) in [5, 5.41) is 0. The molecular weight excluding hydrogens is 174 g/mol. The molecular formula is C9H12ClNO. The van der Waals surface area contributed by atoms with E-state index in [1.807, 2.05) is 19.9 Å². The first kappa shape index (κ1) is 9.33. The van der Waals surface area contributed by atoms with Crippen molar-refractivity contribution in [2.45, 2.75) is 25.8 Å². The fourth-order valence-corrected chi connectivity index (χ4v) is 1.27. The maximum atomic E-state index is 11.5. The Bertz CT molecular complexity index is 317. The fraction of sp³-hybridized carbons (Fsp3) is 0.444. The first-order valence-corrected chi connectivity index (χ1v) is 4.46. The van der Waals surface area contributed by atoms with E-state index in [2.05, 4.69) is 0 Å². The van der Waals surface area contributed by atoms with Crippen molar-refractivity contribution in [3.05, 3.63) is 34.2 Å². The number of nitrogens with zero attached hydrogens (tertiary/aromatic N) is 1. The lowest BCUT2D eigenvalue weighted by molar-refractivity contribution is 0.575. The minimum atomic E-state index is 0.0162. The Labute approximate surface area is 76.8 Å².